The molecule has 0 spiro atoms. The van der Waals surface area contributed by atoms with Gasteiger partial charge in [-0.05, 0) is 167 Å². The van der Waals surface area contributed by atoms with Crippen molar-refractivity contribution in [1.82, 2.24) is 14.5 Å². The Hall–Kier alpha value is -7.56. The Bertz CT molecular complexity index is 3630. The summed E-state index contributed by atoms with van der Waals surface area (Å²) >= 11 is 0. The third-order valence-corrected chi connectivity index (χ3v) is 14.3. The predicted octanol–water partition coefficient (Wildman–Crippen LogP) is 18.9. The Morgan fingerprint density at radius 3 is 1.85 bits per heavy atom. The van der Waals surface area contributed by atoms with Gasteiger partial charge in [-0.2, -0.15) is 0 Å². The molecule has 0 amide bonds. The molecule has 0 fully saturated rings. The van der Waals surface area contributed by atoms with Crippen molar-refractivity contribution in [3.63, 3.8) is 0 Å². The van der Waals surface area contributed by atoms with Crippen molar-refractivity contribution < 1.29 is 5.11 Å². The van der Waals surface area contributed by atoms with Crippen LogP contribution in [0.15, 0.2) is 177 Å². The number of hydrogen-bond acceptors (Lipinski definition) is 3. The van der Waals surface area contributed by atoms with Crippen LogP contribution in [0.2, 0.25) is 0 Å². The van der Waals surface area contributed by atoms with Gasteiger partial charge in [0.15, 0.2) is 0 Å². The van der Waals surface area contributed by atoms with Crippen LogP contribution in [0.3, 0.4) is 0 Å². The van der Waals surface area contributed by atoms with Crippen LogP contribution in [0.25, 0.3) is 89.1 Å². The van der Waals surface area contributed by atoms with Crippen molar-refractivity contribution in [3.05, 3.63) is 210 Å². The lowest BCUT2D eigenvalue weighted by atomic mass is 9.78. The summed E-state index contributed by atoms with van der Waals surface area (Å²) in [6.07, 6.45) is 7.58. The maximum Gasteiger partial charge on any atom is 0.149 e. The molecule has 0 atom stereocenters. The van der Waals surface area contributed by atoms with Gasteiger partial charge in [-0.3, -0.25) is 9.55 Å². The minimum absolute atomic E-state index is 0.00938. The number of aryl methyl sites for hydroxylation is 1. The Labute approximate surface area is 434 Å². The number of fused-ring (bicyclic) bond motifs is 2. The first-order valence-corrected chi connectivity index (χ1v) is 25.7. The van der Waals surface area contributed by atoms with Crippen molar-refractivity contribution in [1.29, 1.82) is 0 Å². The van der Waals surface area contributed by atoms with E-state index in [1.54, 1.807) is 0 Å². The normalized spacial score (nSPS) is 12.7. The van der Waals surface area contributed by atoms with Crippen LogP contribution in [0.4, 0.5) is 0 Å². The molecule has 0 saturated carbocycles. The Kier molecular flexibility index (Phi) is 13.0. The van der Waals surface area contributed by atoms with E-state index in [2.05, 4.69) is 235 Å². The molecule has 7 aromatic carbocycles. The second-order valence-electron chi connectivity index (χ2n) is 24.0. The second-order valence-corrected chi connectivity index (χ2v) is 24.0. The van der Waals surface area contributed by atoms with Crippen molar-refractivity contribution in [2.75, 3.05) is 0 Å². The molecule has 0 aliphatic carbocycles. The number of nitrogens with zero attached hydrogens (tertiary/aromatic N) is 3. The number of aromatic hydroxyl groups is 1. The summed E-state index contributed by atoms with van der Waals surface area (Å²) in [7, 11) is 0. The summed E-state index contributed by atoms with van der Waals surface area (Å²) in [4.78, 5) is 10.6. The van der Waals surface area contributed by atoms with E-state index in [9.17, 15) is 5.11 Å². The number of imidazole rings is 1. The number of allylic oxidation sites excluding steroid dienone is 4. The standard InChI is InChI=1S/C69H71N3O/c1-16-21-44(17-2)54-22-18-19-23-55(54)47-35-48(37-49(36-47)60-34-43(3)32-33-70-60)57-24-20-25-61-64(57)71-65(72(61)53-41-51(67(7,8)9)40-52(42-53)68(10,11)12)58-29-26-46(39-62(58)73)63-56-30-28-50(66(4,5)6)38-45(56)27-31-59(63)69(13,14)15/h16-42,73H,1-2H2,3-15H3/b44-21+. The van der Waals surface area contributed by atoms with Crippen LogP contribution < -0.4 is 0 Å². The van der Waals surface area contributed by atoms with E-state index in [-0.39, 0.29) is 27.4 Å². The quantitative estimate of drug-likeness (QED) is 0.147. The average Bonchev–Trinajstić information content (AvgIpc) is 3.73. The number of hydrogen-bond donors (Lipinski definition) is 1. The van der Waals surface area contributed by atoms with Gasteiger partial charge in [0.2, 0.25) is 0 Å². The zero-order chi connectivity index (χ0) is 52.4. The van der Waals surface area contributed by atoms with Gasteiger partial charge in [-0.1, -0.05) is 193 Å². The molecule has 9 aromatic rings. The third kappa shape index (κ3) is 9.88. The smallest absolute Gasteiger partial charge is 0.149 e. The second kappa shape index (κ2) is 18.8. The summed E-state index contributed by atoms with van der Waals surface area (Å²) < 4.78 is 2.27. The maximum absolute atomic E-state index is 12.7. The Morgan fingerprint density at radius 2 is 1.22 bits per heavy atom. The summed E-state index contributed by atoms with van der Waals surface area (Å²) in [5.41, 5.74) is 19.2. The van der Waals surface area contributed by atoms with E-state index in [0.29, 0.717) is 11.4 Å². The molecule has 0 radical (unpaired) electrons. The Balaban J connectivity index is 1.34. The number of phenolic OH excluding ortho intramolecular Hbond substituents is 1. The van der Waals surface area contributed by atoms with Gasteiger partial charge < -0.3 is 5.11 Å². The van der Waals surface area contributed by atoms with Gasteiger partial charge in [0.1, 0.15) is 11.6 Å². The van der Waals surface area contributed by atoms with Crippen LogP contribution in [0.5, 0.6) is 5.75 Å². The number of aromatic nitrogens is 3. The van der Waals surface area contributed by atoms with Crippen molar-refractivity contribution in [2.45, 2.75) is 112 Å². The van der Waals surface area contributed by atoms with E-state index >= 15 is 0 Å². The summed E-state index contributed by atoms with van der Waals surface area (Å²) in [5.74, 6) is 0.826. The highest BCUT2D eigenvalue weighted by molar-refractivity contribution is 6.01. The topological polar surface area (TPSA) is 50.9 Å². The minimum Gasteiger partial charge on any atom is -0.507 e. The molecule has 368 valence electrons. The molecule has 4 heteroatoms. The van der Waals surface area contributed by atoms with Crippen LogP contribution >= 0.6 is 0 Å². The number of rotatable bonds is 9. The molecule has 2 aromatic heterocycles. The lowest BCUT2D eigenvalue weighted by Crippen LogP contribution is -2.17. The predicted molar refractivity (Wildman–Crippen MR) is 313 cm³/mol. The number of para-hydroxylation sites is 1. The van der Waals surface area contributed by atoms with E-state index in [1.165, 1.54) is 33.0 Å². The van der Waals surface area contributed by atoms with Crippen molar-refractivity contribution >= 4 is 27.4 Å². The molecule has 2 heterocycles. The molecule has 0 aliphatic rings. The molecular weight excluding hydrogens is 887 g/mol. The van der Waals surface area contributed by atoms with Crippen molar-refractivity contribution in [2.24, 2.45) is 0 Å². The monoisotopic (exact) mass is 958 g/mol. The van der Waals surface area contributed by atoms with Crippen LogP contribution in [0, 0.1) is 6.92 Å². The van der Waals surface area contributed by atoms with E-state index in [0.717, 1.165) is 78.1 Å². The largest absolute Gasteiger partial charge is 0.507 e. The maximum atomic E-state index is 12.7. The first-order valence-electron chi connectivity index (χ1n) is 25.7. The van der Waals surface area contributed by atoms with Crippen LogP contribution in [0.1, 0.15) is 116 Å². The molecular formula is C69H71N3O. The highest BCUT2D eigenvalue weighted by Crippen LogP contribution is 2.46. The average molecular weight is 958 g/mol. The fourth-order valence-electron chi connectivity index (χ4n) is 10.2. The summed E-state index contributed by atoms with van der Waals surface area (Å²) in [6, 6.07) is 50.4. The SMILES string of the molecule is C=C/C=C(\C=C)c1ccccc1-c1cc(-c2cc(C)ccn2)cc(-c2cccc3c2nc(-c2ccc(-c4c(C(C)(C)C)ccc5cc(C(C)(C)C)ccc45)cc2O)n3-c2cc(C(C)(C)C)cc(C(C)(C)C)c2)c1. The number of benzene rings is 7. The van der Waals surface area contributed by atoms with Crippen molar-refractivity contribution in [3.8, 4) is 67.5 Å². The molecule has 73 heavy (non-hydrogen) atoms. The third-order valence-electron chi connectivity index (χ3n) is 14.3. The fourth-order valence-corrected chi connectivity index (χ4v) is 10.2. The lowest BCUT2D eigenvalue weighted by Gasteiger charge is -2.27. The molecule has 0 aliphatic heterocycles. The van der Waals surface area contributed by atoms with Gasteiger partial charge in [0, 0.05) is 23.0 Å². The highest BCUT2D eigenvalue weighted by atomic mass is 16.3. The first-order chi connectivity index (χ1) is 34.4. The number of pyridine rings is 1. The highest BCUT2D eigenvalue weighted by Gasteiger charge is 2.28. The molecule has 0 unspecified atom stereocenters. The zero-order valence-corrected chi connectivity index (χ0v) is 45.3. The zero-order valence-electron chi connectivity index (χ0n) is 45.3. The summed E-state index contributed by atoms with van der Waals surface area (Å²) in [5, 5.41) is 15.0. The summed E-state index contributed by atoms with van der Waals surface area (Å²) in [6.45, 7) is 37.5. The van der Waals surface area contributed by atoms with E-state index in [1.807, 2.05) is 36.6 Å². The van der Waals surface area contributed by atoms with Gasteiger partial charge >= 0.3 is 0 Å². The molecule has 1 N–H and O–H groups in total. The molecule has 0 saturated heterocycles. The van der Waals surface area contributed by atoms with Crippen LogP contribution in [-0.2, 0) is 21.7 Å². The minimum atomic E-state index is -0.154. The lowest BCUT2D eigenvalue weighted by molar-refractivity contribution is 0.477. The van der Waals surface area contributed by atoms with Gasteiger partial charge in [0.25, 0.3) is 0 Å². The van der Waals surface area contributed by atoms with E-state index in [4.69, 9.17) is 9.97 Å². The molecule has 9 rings (SSSR count). The fraction of sp³-hybridized carbons (Fsp3) is 0.246. The van der Waals surface area contributed by atoms with Gasteiger partial charge in [-0.25, -0.2) is 4.98 Å². The first kappa shape index (κ1) is 50.4. The number of phenols is 1. The molecule has 4 nitrogen and oxygen atoms in total. The molecule has 0 bridgehead atoms. The van der Waals surface area contributed by atoms with Crippen LogP contribution in [-0.4, -0.2) is 19.6 Å². The Morgan fingerprint density at radius 1 is 0.562 bits per heavy atom. The van der Waals surface area contributed by atoms with Gasteiger partial charge in [0.05, 0.1) is 22.3 Å². The van der Waals surface area contributed by atoms with Gasteiger partial charge in [-0.15, -0.1) is 0 Å². The van der Waals surface area contributed by atoms with E-state index < -0.39 is 0 Å².